The molecule has 0 heterocycles. The largest absolute Gasteiger partial charge is 0.329 e. The topological polar surface area (TPSA) is 32.5 Å². The van der Waals surface area contributed by atoms with E-state index >= 15 is 0 Å². The van der Waals surface area contributed by atoms with Gasteiger partial charge in [0.15, 0.2) is 0 Å². The number of rotatable bonds is 5. The Morgan fingerprint density at radius 2 is 1.45 bits per heavy atom. The molecule has 0 aromatic rings. The van der Waals surface area contributed by atoms with Crippen LogP contribution in [0.1, 0.15) is 58.8 Å². The number of nitrogens with zero attached hydrogens (tertiary/aromatic N) is 2. The second-order valence-corrected chi connectivity index (χ2v) is 8.45. The Hall–Kier alpha value is -0.120. The maximum absolute atomic E-state index is 6.26. The van der Waals surface area contributed by atoms with Crippen LogP contribution in [0.25, 0.3) is 0 Å². The van der Waals surface area contributed by atoms with E-state index < -0.39 is 0 Å². The maximum atomic E-state index is 6.26. The molecular weight excluding hydrogens is 246 g/mol. The Morgan fingerprint density at radius 1 is 0.900 bits per heavy atom. The van der Waals surface area contributed by atoms with Crippen molar-refractivity contribution in [1.29, 1.82) is 0 Å². The van der Waals surface area contributed by atoms with Crippen LogP contribution in [0, 0.1) is 5.41 Å². The van der Waals surface area contributed by atoms with E-state index in [0.29, 0.717) is 11.0 Å². The molecular formula is C17H35N3. The molecule has 0 aliphatic heterocycles. The third-order valence-corrected chi connectivity index (χ3v) is 6.26. The van der Waals surface area contributed by atoms with E-state index in [1.807, 2.05) is 0 Å². The molecule has 3 nitrogen and oxygen atoms in total. The third-order valence-electron chi connectivity index (χ3n) is 6.26. The van der Waals surface area contributed by atoms with Crippen molar-refractivity contribution < 1.29 is 0 Å². The summed E-state index contributed by atoms with van der Waals surface area (Å²) in [4.78, 5) is 5.07. The molecule has 0 aromatic carbocycles. The zero-order valence-electron chi connectivity index (χ0n) is 14.3. The van der Waals surface area contributed by atoms with E-state index in [-0.39, 0.29) is 5.54 Å². The van der Waals surface area contributed by atoms with Gasteiger partial charge in [0.1, 0.15) is 0 Å². The summed E-state index contributed by atoms with van der Waals surface area (Å²) in [6, 6.07) is 0. The van der Waals surface area contributed by atoms with Crippen LogP contribution in [0.4, 0.5) is 0 Å². The van der Waals surface area contributed by atoms with E-state index in [1.54, 1.807) is 0 Å². The molecule has 2 saturated carbocycles. The molecule has 0 amide bonds. The van der Waals surface area contributed by atoms with E-state index in [1.165, 1.54) is 51.5 Å². The quantitative estimate of drug-likeness (QED) is 0.841. The highest BCUT2D eigenvalue weighted by atomic mass is 15.3. The highest BCUT2D eigenvalue weighted by Crippen LogP contribution is 2.45. The summed E-state index contributed by atoms with van der Waals surface area (Å²) < 4.78 is 0. The molecule has 0 bridgehead atoms. The van der Waals surface area contributed by atoms with Crippen LogP contribution in [-0.2, 0) is 0 Å². The summed E-state index contributed by atoms with van der Waals surface area (Å²) in [5.74, 6) is 0. The van der Waals surface area contributed by atoms with Crippen LogP contribution >= 0.6 is 0 Å². The minimum Gasteiger partial charge on any atom is -0.329 e. The fourth-order valence-corrected chi connectivity index (χ4v) is 4.56. The van der Waals surface area contributed by atoms with Gasteiger partial charge < -0.3 is 10.6 Å². The second-order valence-electron chi connectivity index (χ2n) is 8.45. The van der Waals surface area contributed by atoms with E-state index in [2.05, 4.69) is 44.8 Å². The lowest BCUT2D eigenvalue weighted by Gasteiger charge is -2.55. The molecule has 118 valence electrons. The standard InChI is InChI=1S/C17H35N3/c1-15(2)8-6-11-17(12-15,13-18)20(5)14-16(19(3)4)9-7-10-16/h6-14,18H2,1-5H3. The zero-order chi connectivity index (χ0) is 15.0. The molecule has 2 aliphatic rings. The van der Waals surface area contributed by atoms with Crippen molar-refractivity contribution in [3.63, 3.8) is 0 Å². The molecule has 0 spiro atoms. The molecule has 1 atom stereocenters. The fraction of sp³-hybridized carbons (Fsp3) is 1.00. The molecule has 2 N–H and O–H groups in total. The minimum absolute atomic E-state index is 0.223. The summed E-state index contributed by atoms with van der Waals surface area (Å²) in [6.07, 6.45) is 9.25. The molecule has 3 heteroatoms. The van der Waals surface area contributed by atoms with Gasteiger partial charge in [0.05, 0.1) is 0 Å². The molecule has 1 unspecified atom stereocenters. The van der Waals surface area contributed by atoms with Gasteiger partial charge in [-0.05, 0) is 65.1 Å². The van der Waals surface area contributed by atoms with Crippen LogP contribution in [0.3, 0.4) is 0 Å². The SMILES string of the molecule is CN(C)C1(CN(C)C2(CN)CCCC(C)(C)C2)CCC1. The van der Waals surface area contributed by atoms with Gasteiger partial charge >= 0.3 is 0 Å². The van der Waals surface area contributed by atoms with E-state index in [4.69, 9.17) is 5.73 Å². The van der Waals surface area contributed by atoms with Gasteiger partial charge in [-0.2, -0.15) is 0 Å². The number of hydrogen-bond acceptors (Lipinski definition) is 3. The highest BCUT2D eigenvalue weighted by molar-refractivity contribution is 5.04. The highest BCUT2D eigenvalue weighted by Gasteiger charge is 2.46. The van der Waals surface area contributed by atoms with Crippen molar-refractivity contribution in [3.8, 4) is 0 Å². The van der Waals surface area contributed by atoms with Gasteiger partial charge in [-0.3, -0.25) is 4.90 Å². The van der Waals surface area contributed by atoms with E-state index in [0.717, 1.165) is 6.54 Å². The average molecular weight is 281 g/mol. The first kappa shape index (κ1) is 16.3. The average Bonchev–Trinajstić information content (AvgIpc) is 2.31. The van der Waals surface area contributed by atoms with Crippen molar-refractivity contribution in [3.05, 3.63) is 0 Å². The van der Waals surface area contributed by atoms with Crippen molar-refractivity contribution in [2.24, 2.45) is 11.1 Å². The summed E-state index contributed by atoms with van der Waals surface area (Å²) in [5.41, 5.74) is 7.32. The predicted octanol–water partition coefficient (Wildman–Crippen LogP) is 2.70. The molecule has 0 saturated heterocycles. The smallest absolute Gasteiger partial charge is 0.0334 e. The molecule has 20 heavy (non-hydrogen) atoms. The van der Waals surface area contributed by atoms with Crippen molar-refractivity contribution in [2.45, 2.75) is 69.9 Å². The second kappa shape index (κ2) is 5.58. The molecule has 0 aromatic heterocycles. The maximum Gasteiger partial charge on any atom is 0.0334 e. The first-order chi connectivity index (χ1) is 9.25. The van der Waals surface area contributed by atoms with Crippen LogP contribution in [0.15, 0.2) is 0 Å². The van der Waals surface area contributed by atoms with Crippen LogP contribution in [0.2, 0.25) is 0 Å². The van der Waals surface area contributed by atoms with Crippen LogP contribution in [-0.4, -0.2) is 55.1 Å². The van der Waals surface area contributed by atoms with Crippen LogP contribution < -0.4 is 5.73 Å². The molecule has 2 rings (SSSR count). The monoisotopic (exact) mass is 281 g/mol. The number of nitrogens with two attached hydrogens (primary N) is 1. The Bertz CT molecular complexity index is 333. The third kappa shape index (κ3) is 2.90. The molecule has 2 aliphatic carbocycles. The minimum atomic E-state index is 0.223. The molecule has 2 fully saturated rings. The Morgan fingerprint density at radius 3 is 1.85 bits per heavy atom. The zero-order valence-corrected chi connectivity index (χ0v) is 14.3. The lowest BCUT2D eigenvalue weighted by Crippen LogP contribution is -2.64. The Labute approximate surface area is 125 Å². The molecule has 0 radical (unpaired) electrons. The lowest BCUT2D eigenvalue weighted by atomic mass is 9.66. The van der Waals surface area contributed by atoms with Gasteiger partial charge in [0, 0.05) is 24.2 Å². The lowest BCUT2D eigenvalue weighted by molar-refractivity contribution is -0.0365. The van der Waals surface area contributed by atoms with Crippen molar-refractivity contribution >= 4 is 0 Å². The summed E-state index contributed by atoms with van der Waals surface area (Å²) in [5, 5.41) is 0. The van der Waals surface area contributed by atoms with Gasteiger partial charge in [0.25, 0.3) is 0 Å². The van der Waals surface area contributed by atoms with Gasteiger partial charge in [-0.25, -0.2) is 0 Å². The van der Waals surface area contributed by atoms with Gasteiger partial charge in [0.2, 0.25) is 0 Å². The first-order valence-corrected chi connectivity index (χ1v) is 8.34. The van der Waals surface area contributed by atoms with Crippen molar-refractivity contribution in [1.82, 2.24) is 9.80 Å². The van der Waals surface area contributed by atoms with Gasteiger partial charge in [-0.15, -0.1) is 0 Å². The number of hydrogen-bond donors (Lipinski definition) is 1. The van der Waals surface area contributed by atoms with Gasteiger partial charge in [-0.1, -0.05) is 20.3 Å². The Kier molecular flexibility index (Phi) is 4.54. The predicted molar refractivity (Wildman–Crippen MR) is 86.9 cm³/mol. The Balaban J connectivity index is 2.11. The summed E-state index contributed by atoms with van der Waals surface area (Å²) in [7, 11) is 6.80. The van der Waals surface area contributed by atoms with Crippen molar-refractivity contribution in [2.75, 3.05) is 34.2 Å². The fourth-order valence-electron chi connectivity index (χ4n) is 4.56. The number of likely N-dealkylation sites (N-methyl/N-ethyl adjacent to an activating group) is 2. The summed E-state index contributed by atoms with van der Waals surface area (Å²) >= 11 is 0. The van der Waals surface area contributed by atoms with Crippen LogP contribution in [0.5, 0.6) is 0 Å². The summed E-state index contributed by atoms with van der Waals surface area (Å²) in [6.45, 7) is 6.80. The first-order valence-electron chi connectivity index (χ1n) is 8.34. The normalized spacial score (nSPS) is 32.4. The van der Waals surface area contributed by atoms with E-state index in [9.17, 15) is 0 Å².